The van der Waals surface area contributed by atoms with E-state index >= 15 is 0 Å². The summed E-state index contributed by atoms with van der Waals surface area (Å²) in [6, 6.07) is 7.56. The Morgan fingerprint density at radius 1 is 1.17 bits per heavy atom. The van der Waals surface area contributed by atoms with E-state index in [0.717, 1.165) is 37.1 Å². The van der Waals surface area contributed by atoms with Crippen molar-refractivity contribution >= 4 is 10.9 Å². The number of piperidine rings is 1. The molecule has 0 saturated carbocycles. The van der Waals surface area contributed by atoms with Crippen molar-refractivity contribution in [2.45, 2.75) is 51.6 Å². The number of benzene rings is 1. The van der Waals surface area contributed by atoms with Gasteiger partial charge in [0.2, 0.25) is 0 Å². The highest BCUT2D eigenvalue weighted by Gasteiger charge is 2.28. The summed E-state index contributed by atoms with van der Waals surface area (Å²) in [4.78, 5) is 2.43. The van der Waals surface area contributed by atoms with E-state index in [4.69, 9.17) is 4.74 Å². The zero-order valence-electron chi connectivity index (χ0n) is 14.0. The van der Waals surface area contributed by atoms with Crippen molar-refractivity contribution in [2.24, 2.45) is 0 Å². The minimum absolute atomic E-state index is 0.176. The molecule has 0 atom stereocenters. The van der Waals surface area contributed by atoms with Gasteiger partial charge in [-0.2, -0.15) is 13.2 Å². The molecule has 3 rings (SSSR count). The monoisotopic (exact) mass is 340 g/mol. The molecule has 2 heterocycles. The first kappa shape index (κ1) is 17.1. The van der Waals surface area contributed by atoms with Gasteiger partial charge in [0.05, 0.1) is 0 Å². The number of fused-ring (bicyclic) bond motifs is 1. The molecule has 1 aliphatic heterocycles. The van der Waals surface area contributed by atoms with Crippen LogP contribution in [-0.2, 0) is 6.54 Å². The molecule has 132 valence electrons. The molecule has 1 aromatic heterocycles. The molecule has 0 spiro atoms. The van der Waals surface area contributed by atoms with E-state index in [9.17, 15) is 13.2 Å². The van der Waals surface area contributed by atoms with Gasteiger partial charge < -0.3 is 14.2 Å². The summed E-state index contributed by atoms with van der Waals surface area (Å²) in [5.74, 6) is 0.732. The van der Waals surface area contributed by atoms with Crippen molar-refractivity contribution < 1.29 is 17.9 Å². The molecule has 1 aromatic carbocycles. The predicted octanol–water partition coefficient (Wildman–Crippen LogP) is 4.46. The number of aromatic nitrogens is 1. The molecule has 0 aliphatic carbocycles. The summed E-state index contributed by atoms with van der Waals surface area (Å²) in [5, 5.41) is 0.774. The highest BCUT2D eigenvalue weighted by Crippen LogP contribution is 2.27. The SMILES string of the molecule is CC(C)N1CCC(Oc2ccc3c(ccn3CC(F)(F)F)c2)CC1. The smallest absolute Gasteiger partial charge is 0.406 e. The van der Waals surface area contributed by atoms with Crippen molar-refractivity contribution in [3.8, 4) is 5.75 Å². The van der Waals surface area contributed by atoms with E-state index in [1.165, 1.54) is 10.8 Å². The maximum atomic E-state index is 12.6. The first-order valence-electron chi connectivity index (χ1n) is 8.38. The molecule has 0 radical (unpaired) electrons. The fourth-order valence-electron chi connectivity index (χ4n) is 3.29. The maximum Gasteiger partial charge on any atom is 0.406 e. The van der Waals surface area contributed by atoms with Crippen molar-refractivity contribution in [1.82, 2.24) is 9.47 Å². The summed E-state index contributed by atoms with van der Waals surface area (Å²) < 4.78 is 45.0. The first-order chi connectivity index (χ1) is 11.3. The second-order valence-corrected chi connectivity index (χ2v) is 6.73. The highest BCUT2D eigenvalue weighted by atomic mass is 19.4. The summed E-state index contributed by atoms with van der Waals surface area (Å²) >= 11 is 0. The van der Waals surface area contributed by atoms with Gasteiger partial charge in [-0.25, -0.2) is 0 Å². The minimum atomic E-state index is -4.22. The number of hydrogen-bond acceptors (Lipinski definition) is 2. The van der Waals surface area contributed by atoms with E-state index in [2.05, 4.69) is 18.7 Å². The van der Waals surface area contributed by atoms with Crippen LogP contribution in [0.15, 0.2) is 30.5 Å². The summed E-state index contributed by atoms with van der Waals surface area (Å²) in [6.45, 7) is 5.46. The van der Waals surface area contributed by atoms with Crippen molar-refractivity contribution in [3.05, 3.63) is 30.5 Å². The lowest BCUT2D eigenvalue weighted by atomic mass is 10.1. The van der Waals surface area contributed by atoms with Crippen LogP contribution < -0.4 is 4.74 Å². The van der Waals surface area contributed by atoms with Crippen LogP contribution in [0.2, 0.25) is 0 Å². The molecule has 0 unspecified atom stereocenters. The molecular weight excluding hydrogens is 317 g/mol. The van der Waals surface area contributed by atoms with Crippen LogP contribution in [0.3, 0.4) is 0 Å². The molecule has 0 bridgehead atoms. The van der Waals surface area contributed by atoms with E-state index in [1.54, 1.807) is 18.2 Å². The lowest BCUT2D eigenvalue weighted by Gasteiger charge is -2.34. The Labute approximate surface area is 140 Å². The molecule has 1 aliphatic rings. The Balaban J connectivity index is 1.67. The van der Waals surface area contributed by atoms with E-state index in [0.29, 0.717) is 11.6 Å². The highest BCUT2D eigenvalue weighted by molar-refractivity contribution is 5.81. The van der Waals surface area contributed by atoms with Crippen molar-refractivity contribution in [1.29, 1.82) is 0 Å². The van der Waals surface area contributed by atoms with Crippen molar-refractivity contribution in [2.75, 3.05) is 13.1 Å². The molecule has 2 aromatic rings. The van der Waals surface area contributed by atoms with Crippen LogP contribution in [0.25, 0.3) is 10.9 Å². The van der Waals surface area contributed by atoms with Gasteiger partial charge in [-0.1, -0.05) is 0 Å². The quantitative estimate of drug-likeness (QED) is 0.818. The molecule has 1 fully saturated rings. The van der Waals surface area contributed by atoms with E-state index in [1.807, 2.05) is 6.07 Å². The average molecular weight is 340 g/mol. The summed E-state index contributed by atoms with van der Waals surface area (Å²) in [5.41, 5.74) is 0.578. The number of alkyl halides is 3. The molecule has 0 amide bonds. The van der Waals surface area contributed by atoms with Gasteiger partial charge in [0, 0.05) is 36.2 Å². The Hall–Kier alpha value is -1.69. The van der Waals surface area contributed by atoms with Crippen LogP contribution in [0.1, 0.15) is 26.7 Å². The van der Waals surface area contributed by atoms with Gasteiger partial charge in [-0.05, 0) is 51.0 Å². The third kappa shape index (κ3) is 4.04. The number of likely N-dealkylation sites (tertiary alicyclic amines) is 1. The number of hydrogen-bond donors (Lipinski definition) is 0. The molecule has 6 heteroatoms. The summed E-state index contributed by atoms with van der Waals surface area (Å²) in [6.07, 6.45) is -0.611. The summed E-state index contributed by atoms with van der Waals surface area (Å²) in [7, 11) is 0. The van der Waals surface area contributed by atoms with Gasteiger partial charge in [0.25, 0.3) is 0 Å². The Bertz CT molecular complexity index is 685. The molecule has 0 N–H and O–H groups in total. The zero-order valence-corrected chi connectivity index (χ0v) is 14.0. The number of rotatable bonds is 4. The molecular formula is C18H23F3N2O. The number of ether oxygens (including phenoxy) is 1. The fraction of sp³-hybridized carbons (Fsp3) is 0.556. The standard InChI is InChI=1S/C18H23F3N2O/c1-13(2)22-9-6-15(7-10-22)24-16-3-4-17-14(11-16)5-8-23(17)12-18(19,20)21/h3-5,8,11,13,15H,6-7,9-10,12H2,1-2H3. The number of halogens is 3. The first-order valence-corrected chi connectivity index (χ1v) is 8.38. The topological polar surface area (TPSA) is 17.4 Å². The molecule has 3 nitrogen and oxygen atoms in total. The Morgan fingerprint density at radius 3 is 2.50 bits per heavy atom. The third-order valence-electron chi connectivity index (χ3n) is 4.60. The average Bonchev–Trinajstić information content (AvgIpc) is 2.88. The second-order valence-electron chi connectivity index (χ2n) is 6.73. The van der Waals surface area contributed by atoms with Crippen LogP contribution >= 0.6 is 0 Å². The third-order valence-corrected chi connectivity index (χ3v) is 4.60. The normalized spacial score (nSPS) is 17.8. The van der Waals surface area contributed by atoms with Gasteiger partial charge >= 0.3 is 6.18 Å². The predicted molar refractivity (Wildman–Crippen MR) is 88.4 cm³/mol. The van der Waals surface area contributed by atoms with Gasteiger partial charge in [0.15, 0.2) is 0 Å². The van der Waals surface area contributed by atoms with E-state index < -0.39 is 12.7 Å². The molecule has 24 heavy (non-hydrogen) atoms. The van der Waals surface area contributed by atoms with Crippen molar-refractivity contribution in [3.63, 3.8) is 0 Å². The lowest BCUT2D eigenvalue weighted by Crippen LogP contribution is -2.41. The Kier molecular flexibility index (Phi) is 4.76. The minimum Gasteiger partial charge on any atom is -0.490 e. The van der Waals surface area contributed by atoms with Crippen LogP contribution in [0.4, 0.5) is 13.2 Å². The number of nitrogens with zero attached hydrogens (tertiary/aromatic N) is 2. The second kappa shape index (κ2) is 6.67. The molecule has 1 saturated heterocycles. The lowest BCUT2D eigenvalue weighted by molar-refractivity contribution is -0.139. The van der Waals surface area contributed by atoms with E-state index in [-0.39, 0.29) is 6.10 Å². The zero-order chi connectivity index (χ0) is 17.3. The fourth-order valence-corrected chi connectivity index (χ4v) is 3.29. The van der Waals surface area contributed by atoms with Gasteiger partial charge in [-0.3, -0.25) is 0 Å². The van der Waals surface area contributed by atoms with Crippen LogP contribution in [0, 0.1) is 0 Å². The maximum absolute atomic E-state index is 12.6. The Morgan fingerprint density at radius 2 is 1.88 bits per heavy atom. The van der Waals surface area contributed by atoms with Crippen LogP contribution in [-0.4, -0.2) is 40.9 Å². The largest absolute Gasteiger partial charge is 0.490 e. The van der Waals surface area contributed by atoms with Gasteiger partial charge in [-0.15, -0.1) is 0 Å². The van der Waals surface area contributed by atoms with Crippen LogP contribution in [0.5, 0.6) is 5.75 Å². The van der Waals surface area contributed by atoms with Gasteiger partial charge in [0.1, 0.15) is 18.4 Å².